The molecule has 1 amide bonds. The van der Waals surface area contributed by atoms with Gasteiger partial charge in [-0.25, -0.2) is 0 Å². The second kappa shape index (κ2) is 3.83. The molecule has 0 atom stereocenters. The van der Waals surface area contributed by atoms with Crippen LogP contribution < -0.4 is 4.90 Å². The van der Waals surface area contributed by atoms with Gasteiger partial charge in [0.25, 0.3) is 0 Å². The van der Waals surface area contributed by atoms with Gasteiger partial charge in [0.15, 0.2) is 0 Å². The van der Waals surface area contributed by atoms with Crippen molar-refractivity contribution in [2.75, 3.05) is 11.4 Å². The van der Waals surface area contributed by atoms with E-state index in [1.807, 2.05) is 12.1 Å². The minimum atomic E-state index is -3.71. The van der Waals surface area contributed by atoms with Gasteiger partial charge in [-0.1, -0.05) is 18.2 Å². The second-order valence-corrected chi connectivity index (χ2v) is 6.65. The van der Waals surface area contributed by atoms with Gasteiger partial charge in [0.05, 0.1) is 0 Å². The Morgan fingerprint density at radius 1 is 1.19 bits per heavy atom. The summed E-state index contributed by atoms with van der Waals surface area (Å²) in [7, 11) is 0. The number of amides is 1. The van der Waals surface area contributed by atoms with Gasteiger partial charge in [-0.15, -0.1) is 0 Å². The number of carbonyl (C=O) groups is 1. The van der Waals surface area contributed by atoms with Crippen LogP contribution in [-0.4, -0.2) is 29.1 Å². The third-order valence-electron chi connectivity index (χ3n) is 5.36. The zero-order valence-corrected chi connectivity index (χ0v) is 11.6. The summed E-state index contributed by atoms with van der Waals surface area (Å²) in [5.41, 5.74) is -0.694. The van der Waals surface area contributed by atoms with Crippen LogP contribution in [-0.2, 0) is 10.2 Å². The fourth-order valence-electron chi connectivity index (χ4n) is 3.58. The summed E-state index contributed by atoms with van der Waals surface area (Å²) in [5, 5.41) is 9.96. The molecule has 1 aliphatic heterocycles. The molecule has 0 radical (unpaired) electrons. The molecule has 1 spiro atoms. The quantitative estimate of drug-likeness (QED) is 0.910. The first kappa shape index (κ1) is 13.2. The minimum absolute atomic E-state index is 0.00757. The molecule has 1 aromatic rings. The van der Waals surface area contributed by atoms with E-state index >= 15 is 0 Å². The van der Waals surface area contributed by atoms with Crippen LogP contribution in [0.3, 0.4) is 0 Å². The molecule has 1 N–H and O–H groups in total. The highest BCUT2D eigenvalue weighted by molar-refractivity contribution is 6.02. The van der Waals surface area contributed by atoms with Crippen molar-refractivity contribution in [3.8, 4) is 0 Å². The number of fused-ring (bicyclic) bond motifs is 2. The molecule has 3 aliphatic rings. The van der Waals surface area contributed by atoms with E-state index in [0.29, 0.717) is 18.7 Å². The number of halogens is 2. The predicted molar refractivity (Wildman–Crippen MR) is 73.5 cm³/mol. The summed E-state index contributed by atoms with van der Waals surface area (Å²) in [6.45, 7) is 0.316. The van der Waals surface area contributed by atoms with Gasteiger partial charge >= 0.3 is 11.8 Å². The number of para-hydroxylation sites is 1. The van der Waals surface area contributed by atoms with E-state index in [4.69, 9.17) is 0 Å². The first-order valence-corrected chi connectivity index (χ1v) is 7.41. The van der Waals surface area contributed by atoms with Crippen molar-refractivity contribution < 1.29 is 18.7 Å². The van der Waals surface area contributed by atoms with Crippen LogP contribution >= 0.6 is 0 Å². The highest BCUT2D eigenvalue weighted by atomic mass is 19.3. The van der Waals surface area contributed by atoms with Crippen LogP contribution in [0.2, 0.25) is 0 Å². The summed E-state index contributed by atoms with van der Waals surface area (Å²) in [6.07, 6.45) is 2.39. The van der Waals surface area contributed by atoms with E-state index in [9.17, 15) is 18.7 Å². The zero-order chi connectivity index (χ0) is 14.9. The van der Waals surface area contributed by atoms with E-state index < -0.39 is 17.4 Å². The summed E-state index contributed by atoms with van der Waals surface area (Å²) in [6, 6.07) is 7.29. The second-order valence-electron chi connectivity index (χ2n) is 6.65. The summed E-state index contributed by atoms with van der Waals surface area (Å²) in [4.78, 5) is 13.6. The van der Waals surface area contributed by atoms with Crippen LogP contribution in [0, 0.1) is 0 Å². The maximum atomic E-state index is 14.4. The number of anilines is 1. The monoisotopic (exact) mass is 293 g/mol. The lowest BCUT2D eigenvalue weighted by molar-refractivity contribution is -0.213. The Labute approximate surface area is 121 Å². The van der Waals surface area contributed by atoms with Crippen molar-refractivity contribution >= 4 is 11.6 Å². The maximum Gasteiger partial charge on any atom is 0.352 e. The lowest BCUT2D eigenvalue weighted by atomic mass is 9.75. The molecular weight excluding hydrogens is 276 g/mol. The first-order valence-electron chi connectivity index (χ1n) is 7.41. The Morgan fingerprint density at radius 3 is 2.43 bits per heavy atom. The van der Waals surface area contributed by atoms with Crippen molar-refractivity contribution in [1.82, 2.24) is 0 Å². The molecule has 112 valence electrons. The number of benzene rings is 1. The third-order valence-corrected chi connectivity index (χ3v) is 5.36. The Bertz CT molecular complexity index is 620. The lowest BCUT2D eigenvalue weighted by Gasteiger charge is -2.42. The van der Waals surface area contributed by atoms with Crippen molar-refractivity contribution in [3.05, 3.63) is 29.8 Å². The summed E-state index contributed by atoms with van der Waals surface area (Å²) in [5.74, 6) is -4.96. The van der Waals surface area contributed by atoms with Crippen LogP contribution in [0.5, 0.6) is 0 Å². The molecule has 0 saturated heterocycles. The van der Waals surface area contributed by atoms with Gasteiger partial charge in [0, 0.05) is 17.6 Å². The summed E-state index contributed by atoms with van der Waals surface area (Å²) >= 11 is 0. The van der Waals surface area contributed by atoms with Gasteiger partial charge in [-0.2, -0.15) is 8.78 Å². The zero-order valence-electron chi connectivity index (χ0n) is 11.6. The Hall–Kier alpha value is -1.49. The van der Waals surface area contributed by atoms with Gasteiger partial charge < -0.3 is 10.0 Å². The molecule has 2 saturated carbocycles. The SMILES string of the molecule is O=C(N1CC2(CC2)c2ccccc21)C(F)(F)C1(O)CCC1. The Kier molecular flexibility index (Phi) is 2.40. The van der Waals surface area contributed by atoms with E-state index in [2.05, 4.69) is 0 Å². The number of hydrogen-bond acceptors (Lipinski definition) is 2. The highest BCUT2D eigenvalue weighted by Crippen LogP contribution is 2.57. The molecule has 21 heavy (non-hydrogen) atoms. The summed E-state index contributed by atoms with van der Waals surface area (Å²) < 4.78 is 28.8. The van der Waals surface area contributed by atoms with Crippen LogP contribution in [0.25, 0.3) is 0 Å². The van der Waals surface area contributed by atoms with Crippen LogP contribution in [0.1, 0.15) is 37.7 Å². The van der Waals surface area contributed by atoms with Crippen LogP contribution in [0.15, 0.2) is 24.3 Å². The molecule has 1 aromatic carbocycles. The third kappa shape index (κ3) is 1.58. The Balaban J connectivity index is 1.70. The molecule has 1 heterocycles. The first-order chi connectivity index (χ1) is 9.90. The molecule has 0 bridgehead atoms. The van der Waals surface area contributed by atoms with Gasteiger partial charge in [-0.3, -0.25) is 4.79 Å². The fourth-order valence-corrected chi connectivity index (χ4v) is 3.58. The largest absolute Gasteiger partial charge is 0.383 e. The van der Waals surface area contributed by atoms with Gasteiger partial charge in [0.1, 0.15) is 5.60 Å². The van der Waals surface area contributed by atoms with E-state index in [1.165, 1.54) is 4.90 Å². The van der Waals surface area contributed by atoms with Crippen molar-refractivity contribution in [2.45, 2.75) is 49.0 Å². The number of carbonyl (C=O) groups excluding carboxylic acids is 1. The molecule has 2 aliphatic carbocycles. The average Bonchev–Trinajstić information content (AvgIpc) is 3.14. The van der Waals surface area contributed by atoms with Gasteiger partial charge in [0.2, 0.25) is 0 Å². The molecule has 2 fully saturated rings. The van der Waals surface area contributed by atoms with Crippen molar-refractivity contribution in [2.24, 2.45) is 0 Å². The maximum absolute atomic E-state index is 14.4. The number of aliphatic hydroxyl groups is 1. The highest BCUT2D eigenvalue weighted by Gasteiger charge is 2.64. The fraction of sp³-hybridized carbons (Fsp3) is 0.562. The molecular formula is C16H17F2NO2. The predicted octanol–water partition coefficient (Wildman–Crippen LogP) is 2.62. The van der Waals surface area contributed by atoms with E-state index in [-0.39, 0.29) is 18.3 Å². The average molecular weight is 293 g/mol. The molecule has 0 aromatic heterocycles. The van der Waals surface area contributed by atoms with E-state index in [1.54, 1.807) is 12.1 Å². The minimum Gasteiger partial charge on any atom is -0.383 e. The molecule has 0 unspecified atom stereocenters. The van der Waals surface area contributed by atoms with Crippen molar-refractivity contribution in [1.29, 1.82) is 0 Å². The van der Waals surface area contributed by atoms with Crippen LogP contribution in [0.4, 0.5) is 14.5 Å². The molecule has 3 nitrogen and oxygen atoms in total. The number of hydrogen-bond donors (Lipinski definition) is 1. The molecule has 4 rings (SSSR count). The smallest absolute Gasteiger partial charge is 0.352 e. The lowest BCUT2D eigenvalue weighted by Crippen LogP contribution is -2.61. The number of alkyl halides is 2. The molecule has 5 heteroatoms. The normalized spacial score (nSPS) is 24.6. The Morgan fingerprint density at radius 2 is 1.86 bits per heavy atom. The topological polar surface area (TPSA) is 40.5 Å². The van der Waals surface area contributed by atoms with E-state index in [0.717, 1.165) is 18.4 Å². The standard InChI is InChI=1S/C16H17F2NO2/c17-16(18,15(21)6-3-7-15)13(20)19-10-14(8-9-14)11-4-1-2-5-12(11)19/h1-2,4-5,21H,3,6-10H2. The number of nitrogens with zero attached hydrogens (tertiary/aromatic N) is 1. The number of rotatable bonds is 2. The van der Waals surface area contributed by atoms with Gasteiger partial charge in [-0.05, 0) is 43.7 Å². The van der Waals surface area contributed by atoms with Crippen molar-refractivity contribution in [3.63, 3.8) is 0 Å².